The van der Waals surface area contributed by atoms with Crippen LogP contribution < -0.4 is 0 Å². The number of hydrogen-bond acceptors (Lipinski definition) is 4. The maximum absolute atomic E-state index is 12.6. The van der Waals surface area contributed by atoms with Gasteiger partial charge in [0, 0.05) is 13.1 Å². The molecular weight excluding hydrogens is 320 g/mol. The molecular formula is C19H24N2O2S. The fourth-order valence-electron chi connectivity index (χ4n) is 3.33. The predicted octanol–water partition coefficient (Wildman–Crippen LogP) is 3.35. The van der Waals surface area contributed by atoms with Gasteiger partial charge in [0.1, 0.15) is 4.88 Å². The van der Waals surface area contributed by atoms with Crippen LogP contribution in [0.3, 0.4) is 0 Å². The summed E-state index contributed by atoms with van der Waals surface area (Å²) < 4.78 is 0. The van der Waals surface area contributed by atoms with Crippen molar-refractivity contribution in [3.63, 3.8) is 0 Å². The predicted molar refractivity (Wildman–Crippen MR) is 96.3 cm³/mol. The zero-order valence-corrected chi connectivity index (χ0v) is 15.1. The summed E-state index contributed by atoms with van der Waals surface area (Å²) in [5.41, 5.74) is 3.12. The summed E-state index contributed by atoms with van der Waals surface area (Å²) in [5, 5.41) is 10.1. The standard InChI is InChI=1S/C19H24N2O2S/c1-13-18(24-14(2)20-13)19(23)21-9-7-16(8-10-21)11-15-3-5-17(12-22)6-4-15/h3-6,16,22H,7-12H2,1-2H3. The quantitative estimate of drug-likeness (QED) is 0.925. The number of thiazole rings is 1. The summed E-state index contributed by atoms with van der Waals surface area (Å²) in [4.78, 5) is 19.8. The Labute approximate surface area is 147 Å². The fraction of sp³-hybridized carbons (Fsp3) is 0.474. The van der Waals surface area contributed by atoms with Gasteiger partial charge in [-0.2, -0.15) is 0 Å². The molecule has 0 unspecified atom stereocenters. The molecule has 0 bridgehead atoms. The monoisotopic (exact) mass is 344 g/mol. The Kier molecular flexibility index (Phi) is 5.31. The van der Waals surface area contributed by atoms with Gasteiger partial charge >= 0.3 is 0 Å². The molecule has 1 N–H and O–H groups in total. The van der Waals surface area contributed by atoms with Gasteiger partial charge in [0.25, 0.3) is 5.91 Å². The van der Waals surface area contributed by atoms with E-state index in [1.807, 2.05) is 30.9 Å². The third-order valence-electron chi connectivity index (χ3n) is 4.73. The topological polar surface area (TPSA) is 53.4 Å². The number of hydrogen-bond donors (Lipinski definition) is 1. The number of aliphatic hydroxyl groups excluding tert-OH is 1. The molecule has 5 heteroatoms. The Bertz CT molecular complexity index is 701. The number of carbonyl (C=O) groups is 1. The number of aromatic nitrogens is 1. The van der Waals surface area contributed by atoms with E-state index in [0.29, 0.717) is 5.92 Å². The Balaban J connectivity index is 1.55. The van der Waals surface area contributed by atoms with Crippen molar-refractivity contribution in [3.8, 4) is 0 Å². The summed E-state index contributed by atoms with van der Waals surface area (Å²) in [5.74, 6) is 0.766. The Morgan fingerprint density at radius 1 is 1.21 bits per heavy atom. The van der Waals surface area contributed by atoms with Crippen LogP contribution in [0.15, 0.2) is 24.3 Å². The highest BCUT2D eigenvalue weighted by molar-refractivity contribution is 7.13. The highest BCUT2D eigenvalue weighted by atomic mass is 32.1. The van der Waals surface area contributed by atoms with E-state index in [-0.39, 0.29) is 12.5 Å². The SMILES string of the molecule is Cc1nc(C)c(C(=O)N2CCC(Cc3ccc(CO)cc3)CC2)s1. The zero-order chi connectivity index (χ0) is 17.1. The average Bonchev–Trinajstić information content (AvgIpc) is 2.94. The van der Waals surface area contributed by atoms with Crippen molar-refractivity contribution in [3.05, 3.63) is 51.0 Å². The second-order valence-corrected chi connectivity index (χ2v) is 7.76. The fourth-order valence-corrected chi connectivity index (χ4v) is 4.22. The highest BCUT2D eigenvalue weighted by Crippen LogP contribution is 2.25. The number of benzene rings is 1. The normalized spacial score (nSPS) is 15.7. The molecule has 24 heavy (non-hydrogen) atoms. The van der Waals surface area contributed by atoms with Crippen LogP contribution in [0.1, 0.15) is 44.3 Å². The van der Waals surface area contributed by atoms with Gasteiger partial charge in [-0.25, -0.2) is 4.98 Å². The molecule has 1 aliphatic rings. The van der Waals surface area contributed by atoms with Crippen molar-refractivity contribution in [1.29, 1.82) is 0 Å². The van der Waals surface area contributed by atoms with E-state index in [0.717, 1.165) is 53.5 Å². The summed E-state index contributed by atoms with van der Waals surface area (Å²) >= 11 is 1.50. The average molecular weight is 344 g/mol. The number of carbonyl (C=O) groups excluding carboxylic acids is 1. The molecule has 0 radical (unpaired) electrons. The molecule has 0 spiro atoms. The molecule has 1 aromatic heterocycles. The van der Waals surface area contributed by atoms with E-state index in [1.165, 1.54) is 16.9 Å². The molecule has 1 fully saturated rings. The van der Waals surface area contributed by atoms with E-state index in [1.54, 1.807) is 0 Å². The van der Waals surface area contributed by atoms with Gasteiger partial charge in [0.05, 0.1) is 17.3 Å². The van der Waals surface area contributed by atoms with E-state index in [9.17, 15) is 4.79 Å². The smallest absolute Gasteiger partial charge is 0.265 e. The maximum Gasteiger partial charge on any atom is 0.265 e. The third kappa shape index (κ3) is 3.84. The Morgan fingerprint density at radius 2 is 1.83 bits per heavy atom. The van der Waals surface area contributed by atoms with Gasteiger partial charge in [-0.3, -0.25) is 4.79 Å². The molecule has 2 aromatic rings. The molecule has 128 valence electrons. The number of rotatable bonds is 4. The number of aryl methyl sites for hydroxylation is 2. The molecule has 0 aliphatic carbocycles. The highest BCUT2D eigenvalue weighted by Gasteiger charge is 2.26. The van der Waals surface area contributed by atoms with E-state index >= 15 is 0 Å². The van der Waals surface area contributed by atoms with Crippen LogP contribution in [0, 0.1) is 19.8 Å². The van der Waals surface area contributed by atoms with Crippen LogP contribution in [0.4, 0.5) is 0 Å². The first-order valence-electron chi connectivity index (χ1n) is 8.49. The zero-order valence-electron chi connectivity index (χ0n) is 14.3. The van der Waals surface area contributed by atoms with Crippen LogP contribution in [0.25, 0.3) is 0 Å². The van der Waals surface area contributed by atoms with E-state index in [2.05, 4.69) is 17.1 Å². The number of likely N-dealkylation sites (tertiary alicyclic amines) is 1. The van der Waals surface area contributed by atoms with Gasteiger partial charge in [0.2, 0.25) is 0 Å². The Morgan fingerprint density at radius 3 is 2.38 bits per heavy atom. The molecule has 1 aliphatic heterocycles. The minimum absolute atomic E-state index is 0.0945. The number of amides is 1. The first-order chi connectivity index (χ1) is 11.6. The lowest BCUT2D eigenvalue weighted by Crippen LogP contribution is -2.38. The van der Waals surface area contributed by atoms with Crippen molar-refractivity contribution in [2.75, 3.05) is 13.1 Å². The van der Waals surface area contributed by atoms with E-state index in [4.69, 9.17) is 5.11 Å². The second-order valence-electron chi connectivity index (χ2n) is 6.56. The lowest BCUT2D eigenvalue weighted by Gasteiger charge is -2.32. The van der Waals surface area contributed by atoms with Gasteiger partial charge < -0.3 is 10.0 Å². The van der Waals surface area contributed by atoms with Gasteiger partial charge in [0.15, 0.2) is 0 Å². The minimum atomic E-state index is 0.0945. The lowest BCUT2D eigenvalue weighted by atomic mass is 9.90. The van der Waals surface area contributed by atoms with Crippen molar-refractivity contribution >= 4 is 17.2 Å². The summed E-state index contributed by atoms with van der Waals surface area (Å²) in [6.45, 7) is 5.61. The summed E-state index contributed by atoms with van der Waals surface area (Å²) in [6.07, 6.45) is 3.14. The molecule has 1 saturated heterocycles. The first kappa shape index (κ1) is 17.1. The molecule has 1 amide bonds. The number of nitrogens with zero attached hydrogens (tertiary/aromatic N) is 2. The van der Waals surface area contributed by atoms with Crippen LogP contribution >= 0.6 is 11.3 Å². The van der Waals surface area contributed by atoms with Gasteiger partial charge in [-0.1, -0.05) is 24.3 Å². The van der Waals surface area contributed by atoms with Crippen molar-refractivity contribution in [1.82, 2.24) is 9.88 Å². The van der Waals surface area contributed by atoms with Crippen LogP contribution in [-0.2, 0) is 13.0 Å². The molecule has 2 heterocycles. The minimum Gasteiger partial charge on any atom is -0.392 e. The molecule has 3 rings (SSSR count). The Hall–Kier alpha value is -1.72. The van der Waals surface area contributed by atoms with E-state index < -0.39 is 0 Å². The van der Waals surface area contributed by atoms with Gasteiger partial charge in [-0.15, -0.1) is 11.3 Å². The largest absolute Gasteiger partial charge is 0.392 e. The molecule has 0 saturated carbocycles. The number of piperidine rings is 1. The van der Waals surface area contributed by atoms with Crippen LogP contribution in [0.5, 0.6) is 0 Å². The van der Waals surface area contributed by atoms with Gasteiger partial charge in [-0.05, 0) is 50.2 Å². The van der Waals surface area contributed by atoms with Crippen LogP contribution in [0.2, 0.25) is 0 Å². The van der Waals surface area contributed by atoms with Crippen LogP contribution in [-0.4, -0.2) is 34.0 Å². The van der Waals surface area contributed by atoms with Crippen molar-refractivity contribution in [2.45, 2.75) is 39.7 Å². The summed E-state index contributed by atoms with van der Waals surface area (Å²) in [7, 11) is 0. The second kappa shape index (κ2) is 7.45. The van der Waals surface area contributed by atoms with Crippen molar-refractivity contribution < 1.29 is 9.90 Å². The summed E-state index contributed by atoms with van der Waals surface area (Å²) in [6, 6.07) is 8.19. The molecule has 4 nitrogen and oxygen atoms in total. The number of aliphatic hydroxyl groups is 1. The molecule has 0 atom stereocenters. The first-order valence-corrected chi connectivity index (χ1v) is 9.30. The maximum atomic E-state index is 12.6. The lowest BCUT2D eigenvalue weighted by molar-refractivity contribution is 0.0694. The van der Waals surface area contributed by atoms with Crippen molar-refractivity contribution in [2.24, 2.45) is 5.92 Å². The third-order valence-corrected chi connectivity index (χ3v) is 5.79. The molecule has 1 aromatic carbocycles.